The number of ether oxygens (including phenoxy) is 1. The molecule has 0 aliphatic carbocycles. The molecule has 5 nitrogen and oxygen atoms in total. The number of benzene rings is 1. The molecule has 132 valence electrons. The van der Waals surface area contributed by atoms with E-state index >= 15 is 0 Å². The number of nitrogens with zero attached hydrogens (tertiary/aromatic N) is 2. The van der Waals surface area contributed by atoms with E-state index in [9.17, 15) is 4.79 Å². The second-order valence-electron chi connectivity index (χ2n) is 6.35. The summed E-state index contributed by atoms with van der Waals surface area (Å²) in [5.74, 6) is 1.80. The van der Waals surface area contributed by atoms with Gasteiger partial charge in [-0.1, -0.05) is 13.3 Å². The third kappa shape index (κ3) is 3.92. The number of hydrogen-bond acceptors (Lipinski definition) is 4. The Bertz CT molecular complexity index is 924. The summed E-state index contributed by atoms with van der Waals surface area (Å²) in [5.41, 5.74) is 2.32. The molecule has 0 amide bonds. The lowest BCUT2D eigenvalue weighted by molar-refractivity contribution is 0.304. The summed E-state index contributed by atoms with van der Waals surface area (Å²) in [6.07, 6.45) is 6.46. The van der Waals surface area contributed by atoms with E-state index in [0.717, 1.165) is 53.9 Å². The molecule has 0 bridgehead atoms. The monoisotopic (exact) mass is 340 g/mol. The molecular formula is C20H24N2O3. The highest BCUT2D eigenvalue weighted by Crippen LogP contribution is 2.30. The SMILES string of the molecule is CCCc1cc(=O)oc2cc(C)cc(OCCCn3ccnc3C)c12. The number of hydrogen-bond donors (Lipinski definition) is 0. The van der Waals surface area contributed by atoms with E-state index in [1.54, 1.807) is 6.07 Å². The first kappa shape index (κ1) is 17.3. The first-order valence-corrected chi connectivity index (χ1v) is 8.76. The molecule has 3 rings (SSSR count). The van der Waals surface area contributed by atoms with Gasteiger partial charge < -0.3 is 13.7 Å². The average Bonchev–Trinajstić information content (AvgIpc) is 2.96. The van der Waals surface area contributed by atoms with Crippen molar-refractivity contribution in [1.82, 2.24) is 9.55 Å². The lowest BCUT2D eigenvalue weighted by Gasteiger charge is -2.13. The van der Waals surface area contributed by atoms with Gasteiger partial charge in [0.15, 0.2) is 0 Å². The van der Waals surface area contributed by atoms with Crippen LogP contribution in [0.1, 0.15) is 36.7 Å². The van der Waals surface area contributed by atoms with Gasteiger partial charge in [0.05, 0.1) is 12.0 Å². The minimum atomic E-state index is -0.303. The first-order chi connectivity index (χ1) is 12.1. The zero-order valence-corrected chi connectivity index (χ0v) is 15.0. The number of aromatic nitrogens is 2. The van der Waals surface area contributed by atoms with E-state index in [1.807, 2.05) is 38.4 Å². The molecule has 25 heavy (non-hydrogen) atoms. The fourth-order valence-corrected chi connectivity index (χ4v) is 3.11. The second kappa shape index (κ2) is 7.55. The zero-order chi connectivity index (χ0) is 17.8. The number of rotatable bonds is 7. The van der Waals surface area contributed by atoms with Crippen LogP contribution < -0.4 is 10.4 Å². The smallest absolute Gasteiger partial charge is 0.336 e. The van der Waals surface area contributed by atoms with Crippen LogP contribution in [0.15, 0.2) is 39.8 Å². The topological polar surface area (TPSA) is 57.3 Å². The van der Waals surface area contributed by atoms with Crippen molar-refractivity contribution in [2.45, 2.75) is 46.6 Å². The predicted octanol–water partition coefficient (Wildman–Crippen LogP) is 4.03. The van der Waals surface area contributed by atoms with Gasteiger partial charge in [0, 0.05) is 25.0 Å². The van der Waals surface area contributed by atoms with Crippen LogP contribution >= 0.6 is 0 Å². The van der Waals surface area contributed by atoms with Crippen LogP contribution in [0.3, 0.4) is 0 Å². The molecule has 0 saturated heterocycles. The Labute approximate surface area is 147 Å². The predicted molar refractivity (Wildman–Crippen MR) is 98.3 cm³/mol. The van der Waals surface area contributed by atoms with Crippen molar-refractivity contribution in [3.8, 4) is 5.75 Å². The second-order valence-corrected chi connectivity index (χ2v) is 6.35. The molecule has 0 fully saturated rings. The van der Waals surface area contributed by atoms with Crippen molar-refractivity contribution in [3.05, 3.63) is 58.0 Å². The van der Waals surface area contributed by atoms with Crippen molar-refractivity contribution >= 4 is 11.0 Å². The molecule has 0 radical (unpaired) electrons. The van der Waals surface area contributed by atoms with Crippen LogP contribution in [-0.2, 0) is 13.0 Å². The van der Waals surface area contributed by atoms with E-state index in [-0.39, 0.29) is 5.63 Å². The van der Waals surface area contributed by atoms with Crippen LogP contribution in [-0.4, -0.2) is 16.2 Å². The Hall–Kier alpha value is -2.56. The van der Waals surface area contributed by atoms with Gasteiger partial charge in [-0.05, 0) is 49.9 Å². The minimum absolute atomic E-state index is 0.303. The summed E-state index contributed by atoms with van der Waals surface area (Å²) in [7, 11) is 0. The number of imidazole rings is 1. The molecule has 3 aromatic rings. The van der Waals surface area contributed by atoms with Crippen LogP contribution in [0.4, 0.5) is 0 Å². The quantitative estimate of drug-likeness (QED) is 0.481. The van der Waals surface area contributed by atoms with Crippen LogP contribution in [0.5, 0.6) is 5.75 Å². The van der Waals surface area contributed by atoms with Crippen LogP contribution in [0.25, 0.3) is 11.0 Å². The Balaban J connectivity index is 1.82. The normalized spacial score (nSPS) is 11.2. The summed E-state index contributed by atoms with van der Waals surface area (Å²) in [4.78, 5) is 16.0. The number of aryl methyl sites for hydroxylation is 4. The first-order valence-electron chi connectivity index (χ1n) is 8.76. The Kier molecular flexibility index (Phi) is 5.22. The van der Waals surface area contributed by atoms with Gasteiger partial charge in [0.2, 0.25) is 0 Å². The van der Waals surface area contributed by atoms with Gasteiger partial charge in [0.25, 0.3) is 0 Å². The molecule has 2 heterocycles. The largest absolute Gasteiger partial charge is 0.493 e. The minimum Gasteiger partial charge on any atom is -0.493 e. The maximum absolute atomic E-state index is 11.8. The number of fused-ring (bicyclic) bond motifs is 1. The molecule has 0 aliphatic rings. The lowest BCUT2D eigenvalue weighted by atomic mass is 10.0. The Morgan fingerprint density at radius 2 is 2.08 bits per heavy atom. The van der Waals surface area contributed by atoms with E-state index in [2.05, 4.69) is 16.5 Å². The molecule has 2 aromatic heterocycles. The van der Waals surface area contributed by atoms with Gasteiger partial charge in [-0.3, -0.25) is 0 Å². The maximum atomic E-state index is 11.8. The van der Waals surface area contributed by atoms with E-state index < -0.39 is 0 Å². The van der Waals surface area contributed by atoms with Crippen molar-refractivity contribution in [2.24, 2.45) is 0 Å². The Morgan fingerprint density at radius 3 is 2.80 bits per heavy atom. The standard InChI is InChI=1S/C20H24N2O3/c1-4-6-16-13-19(23)25-18-12-14(2)11-17(20(16)18)24-10-5-8-22-9-7-21-15(22)3/h7,9,11-13H,4-6,8,10H2,1-3H3. The highest BCUT2D eigenvalue weighted by Gasteiger charge is 2.12. The van der Waals surface area contributed by atoms with Gasteiger partial charge >= 0.3 is 5.63 Å². The third-order valence-electron chi connectivity index (χ3n) is 4.28. The molecule has 0 atom stereocenters. The highest BCUT2D eigenvalue weighted by atomic mass is 16.5. The van der Waals surface area contributed by atoms with Gasteiger partial charge in [-0.2, -0.15) is 0 Å². The molecule has 0 unspecified atom stereocenters. The van der Waals surface area contributed by atoms with E-state index in [4.69, 9.17) is 9.15 Å². The maximum Gasteiger partial charge on any atom is 0.336 e. The molecule has 0 saturated carbocycles. The summed E-state index contributed by atoms with van der Waals surface area (Å²) in [6, 6.07) is 5.50. The molecule has 1 aromatic carbocycles. The molecule has 5 heteroatoms. The lowest BCUT2D eigenvalue weighted by Crippen LogP contribution is -2.07. The Morgan fingerprint density at radius 1 is 1.24 bits per heavy atom. The third-order valence-corrected chi connectivity index (χ3v) is 4.28. The van der Waals surface area contributed by atoms with Gasteiger partial charge in [0.1, 0.15) is 17.2 Å². The van der Waals surface area contributed by atoms with Crippen molar-refractivity contribution < 1.29 is 9.15 Å². The van der Waals surface area contributed by atoms with Crippen molar-refractivity contribution in [2.75, 3.05) is 6.61 Å². The fourth-order valence-electron chi connectivity index (χ4n) is 3.11. The summed E-state index contributed by atoms with van der Waals surface area (Å²) in [5, 5.41) is 0.922. The van der Waals surface area contributed by atoms with Crippen molar-refractivity contribution in [1.29, 1.82) is 0 Å². The summed E-state index contributed by atoms with van der Waals surface area (Å²) in [6.45, 7) is 7.54. The molecule has 0 N–H and O–H groups in total. The zero-order valence-electron chi connectivity index (χ0n) is 15.0. The molecular weight excluding hydrogens is 316 g/mol. The molecule has 0 aliphatic heterocycles. The van der Waals surface area contributed by atoms with Gasteiger partial charge in [-0.25, -0.2) is 9.78 Å². The fraction of sp³-hybridized carbons (Fsp3) is 0.400. The molecule has 0 spiro atoms. The summed E-state index contributed by atoms with van der Waals surface area (Å²) < 4.78 is 13.6. The van der Waals surface area contributed by atoms with Crippen molar-refractivity contribution in [3.63, 3.8) is 0 Å². The van der Waals surface area contributed by atoms with E-state index in [1.165, 1.54) is 0 Å². The average molecular weight is 340 g/mol. The van der Waals surface area contributed by atoms with Crippen LogP contribution in [0.2, 0.25) is 0 Å². The van der Waals surface area contributed by atoms with E-state index in [0.29, 0.717) is 12.2 Å². The van der Waals surface area contributed by atoms with Crippen LogP contribution in [0, 0.1) is 13.8 Å². The summed E-state index contributed by atoms with van der Waals surface area (Å²) >= 11 is 0. The van der Waals surface area contributed by atoms with Gasteiger partial charge in [-0.15, -0.1) is 0 Å². The highest BCUT2D eigenvalue weighted by molar-refractivity contribution is 5.87.